The van der Waals surface area contributed by atoms with Crippen molar-refractivity contribution in [1.82, 2.24) is 0 Å². The predicted octanol–water partition coefficient (Wildman–Crippen LogP) is 3.30. The Morgan fingerprint density at radius 1 is 1.00 bits per heavy atom. The summed E-state index contributed by atoms with van der Waals surface area (Å²) >= 11 is 0. The van der Waals surface area contributed by atoms with Gasteiger partial charge in [0.05, 0.1) is 0 Å². The number of benzene rings is 2. The lowest BCUT2D eigenvalue weighted by atomic mass is 10.1. The van der Waals surface area contributed by atoms with E-state index in [-0.39, 0.29) is 17.3 Å². The van der Waals surface area contributed by atoms with Crippen LogP contribution in [-0.4, -0.2) is 16.0 Å². The summed E-state index contributed by atoms with van der Waals surface area (Å²) in [5.41, 5.74) is 2.30. The molecule has 0 fully saturated rings. The lowest BCUT2D eigenvalue weighted by Crippen LogP contribution is -1.93. The normalized spacial score (nSPS) is 10.8. The lowest BCUT2D eigenvalue weighted by Gasteiger charge is -2.01. The van der Waals surface area contributed by atoms with Crippen molar-refractivity contribution in [3.63, 3.8) is 0 Å². The second kappa shape index (κ2) is 5.40. The molecule has 2 N–H and O–H groups in total. The molecule has 3 nitrogen and oxygen atoms in total. The van der Waals surface area contributed by atoms with Gasteiger partial charge in [-0.15, -0.1) is 0 Å². The number of rotatable bonds is 3. The second-order valence-electron chi connectivity index (χ2n) is 4.29. The van der Waals surface area contributed by atoms with Gasteiger partial charge < -0.3 is 10.2 Å². The first-order valence-corrected chi connectivity index (χ1v) is 5.87. The molecule has 96 valence electrons. The van der Waals surface area contributed by atoms with Crippen molar-refractivity contribution < 1.29 is 15.0 Å². The van der Waals surface area contributed by atoms with Gasteiger partial charge in [-0.2, -0.15) is 0 Å². The number of ketones is 1. The van der Waals surface area contributed by atoms with Crippen LogP contribution in [0.15, 0.2) is 48.5 Å². The molecule has 3 heteroatoms. The Labute approximate surface area is 111 Å². The van der Waals surface area contributed by atoms with Crippen LogP contribution in [0.3, 0.4) is 0 Å². The monoisotopic (exact) mass is 254 g/mol. The molecule has 0 radical (unpaired) electrons. The zero-order chi connectivity index (χ0) is 13.8. The highest BCUT2D eigenvalue weighted by Gasteiger charge is 2.02. The number of carbonyl (C=O) groups is 1. The third kappa shape index (κ3) is 3.22. The van der Waals surface area contributed by atoms with E-state index in [1.807, 2.05) is 6.92 Å². The number of aromatic hydroxyl groups is 2. The number of phenolic OH excluding ortho intramolecular Hbond substituents is 2. The molecule has 2 aromatic rings. The summed E-state index contributed by atoms with van der Waals surface area (Å²) < 4.78 is 0. The molecule has 0 spiro atoms. The summed E-state index contributed by atoms with van der Waals surface area (Å²) in [4.78, 5) is 11.9. The van der Waals surface area contributed by atoms with Crippen LogP contribution in [0.2, 0.25) is 0 Å². The van der Waals surface area contributed by atoms with Crippen LogP contribution in [0.5, 0.6) is 11.5 Å². The molecule has 19 heavy (non-hydrogen) atoms. The fourth-order valence-corrected chi connectivity index (χ4v) is 1.73. The van der Waals surface area contributed by atoms with Gasteiger partial charge in [-0.1, -0.05) is 12.1 Å². The second-order valence-corrected chi connectivity index (χ2v) is 4.29. The van der Waals surface area contributed by atoms with Gasteiger partial charge in [-0.25, -0.2) is 0 Å². The first-order chi connectivity index (χ1) is 9.06. The maximum absolute atomic E-state index is 11.9. The van der Waals surface area contributed by atoms with Gasteiger partial charge in [-0.3, -0.25) is 4.79 Å². The molecule has 0 heterocycles. The fourth-order valence-electron chi connectivity index (χ4n) is 1.73. The molecule has 0 aliphatic rings. The SMILES string of the molecule is Cc1cc(O)ccc1/C=C/C(=O)c1ccc(O)cc1. The van der Waals surface area contributed by atoms with Gasteiger partial charge in [0, 0.05) is 5.56 Å². The van der Waals surface area contributed by atoms with Crippen LogP contribution >= 0.6 is 0 Å². The van der Waals surface area contributed by atoms with E-state index in [9.17, 15) is 9.90 Å². The number of aryl methyl sites for hydroxylation is 1. The summed E-state index contributed by atoms with van der Waals surface area (Å²) in [7, 11) is 0. The van der Waals surface area contributed by atoms with Crippen molar-refractivity contribution in [2.75, 3.05) is 0 Å². The van der Waals surface area contributed by atoms with Crippen LogP contribution in [0.1, 0.15) is 21.5 Å². The first-order valence-electron chi connectivity index (χ1n) is 5.87. The van der Waals surface area contributed by atoms with Crippen molar-refractivity contribution >= 4 is 11.9 Å². The van der Waals surface area contributed by atoms with Crippen LogP contribution in [-0.2, 0) is 0 Å². The molecule has 0 aliphatic heterocycles. The van der Waals surface area contributed by atoms with Gasteiger partial charge in [0.2, 0.25) is 0 Å². The van der Waals surface area contributed by atoms with E-state index in [4.69, 9.17) is 5.11 Å². The summed E-state index contributed by atoms with van der Waals surface area (Å²) in [6, 6.07) is 11.1. The number of phenols is 2. The summed E-state index contributed by atoms with van der Waals surface area (Å²) in [6.45, 7) is 1.87. The van der Waals surface area contributed by atoms with E-state index in [0.29, 0.717) is 5.56 Å². The maximum atomic E-state index is 11.9. The van der Waals surface area contributed by atoms with E-state index in [1.165, 1.54) is 18.2 Å². The summed E-state index contributed by atoms with van der Waals surface area (Å²) in [5.74, 6) is 0.210. The molecule has 2 rings (SSSR count). The number of hydrogen-bond donors (Lipinski definition) is 2. The van der Waals surface area contributed by atoms with Crippen LogP contribution in [0.4, 0.5) is 0 Å². The van der Waals surface area contributed by atoms with E-state index in [2.05, 4.69) is 0 Å². The molecule has 0 amide bonds. The molecule has 0 saturated carbocycles. The quantitative estimate of drug-likeness (QED) is 0.652. The molecular formula is C16H14O3. The van der Waals surface area contributed by atoms with E-state index >= 15 is 0 Å². The van der Waals surface area contributed by atoms with E-state index in [1.54, 1.807) is 36.4 Å². The highest BCUT2D eigenvalue weighted by atomic mass is 16.3. The predicted molar refractivity (Wildman–Crippen MR) is 74.3 cm³/mol. The Morgan fingerprint density at radius 3 is 2.26 bits per heavy atom. The maximum Gasteiger partial charge on any atom is 0.185 e. The van der Waals surface area contributed by atoms with Gasteiger partial charge in [0.15, 0.2) is 5.78 Å². The minimum Gasteiger partial charge on any atom is -0.508 e. The lowest BCUT2D eigenvalue weighted by molar-refractivity contribution is 0.104. The van der Waals surface area contributed by atoms with Gasteiger partial charge >= 0.3 is 0 Å². The largest absolute Gasteiger partial charge is 0.508 e. The molecule has 0 unspecified atom stereocenters. The fraction of sp³-hybridized carbons (Fsp3) is 0.0625. The third-order valence-electron chi connectivity index (χ3n) is 2.82. The van der Waals surface area contributed by atoms with Crippen molar-refractivity contribution in [3.8, 4) is 11.5 Å². The van der Waals surface area contributed by atoms with Crippen molar-refractivity contribution in [2.24, 2.45) is 0 Å². The third-order valence-corrected chi connectivity index (χ3v) is 2.82. The van der Waals surface area contributed by atoms with Crippen LogP contribution < -0.4 is 0 Å². The number of allylic oxidation sites excluding steroid dienone is 1. The minimum atomic E-state index is -0.132. The van der Waals surface area contributed by atoms with Gasteiger partial charge in [0.1, 0.15) is 11.5 Å². The highest BCUT2D eigenvalue weighted by molar-refractivity contribution is 6.06. The zero-order valence-corrected chi connectivity index (χ0v) is 10.5. The standard InChI is InChI=1S/C16H14O3/c1-11-10-15(18)8-2-12(11)5-9-16(19)13-3-6-14(17)7-4-13/h2-10,17-18H,1H3/b9-5+. The van der Waals surface area contributed by atoms with Crippen molar-refractivity contribution in [2.45, 2.75) is 6.92 Å². The Bertz CT molecular complexity index is 625. The van der Waals surface area contributed by atoms with Crippen LogP contribution in [0.25, 0.3) is 6.08 Å². The molecule has 0 atom stereocenters. The molecule has 0 aliphatic carbocycles. The zero-order valence-electron chi connectivity index (χ0n) is 10.5. The van der Waals surface area contributed by atoms with Gasteiger partial charge in [-0.05, 0) is 60.5 Å². The smallest absolute Gasteiger partial charge is 0.185 e. The number of carbonyl (C=O) groups excluding carboxylic acids is 1. The first kappa shape index (κ1) is 12.9. The summed E-state index contributed by atoms with van der Waals surface area (Å²) in [5, 5.41) is 18.5. The average molecular weight is 254 g/mol. The molecular weight excluding hydrogens is 240 g/mol. The molecule has 0 bridgehead atoms. The Kier molecular flexibility index (Phi) is 3.66. The summed E-state index contributed by atoms with van der Waals surface area (Å²) in [6.07, 6.45) is 3.19. The minimum absolute atomic E-state index is 0.132. The molecule has 0 aromatic heterocycles. The Morgan fingerprint density at radius 2 is 1.63 bits per heavy atom. The van der Waals surface area contributed by atoms with Gasteiger partial charge in [0.25, 0.3) is 0 Å². The van der Waals surface area contributed by atoms with Crippen molar-refractivity contribution in [1.29, 1.82) is 0 Å². The highest BCUT2D eigenvalue weighted by Crippen LogP contribution is 2.17. The topological polar surface area (TPSA) is 57.5 Å². The number of hydrogen-bond acceptors (Lipinski definition) is 3. The molecule has 0 saturated heterocycles. The Hall–Kier alpha value is -2.55. The van der Waals surface area contributed by atoms with E-state index < -0.39 is 0 Å². The molecule has 2 aromatic carbocycles. The van der Waals surface area contributed by atoms with E-state index in [0.717, 1.165) is 11.1 Å². The van der Waals surface area contributed by atoms with Crippen LogP contribution in [0, 0.1) is 6.92 Å². The average Bonchev–Trinajstić information content (AvgIpc) is 2.38. The Balaban J connectivity index is 2.18. The van der Waals surface area contributed by atoms with Crippen molar-refractivity contribution in [3.05, 3.63) is 65.2 Å².